The van der Waals surface area contributed by atoms with E-state index in [0.717, 1.165) is 4.90 Å². The first kappa shape index (κ1) is 80.4. The first-order chi connectivity index (χ1) is 50.7. The molecular weight excluding hydrogens is 1390 g/mol. The van der Waals surface area contributed by atoms with Crippen molar-refractivity contribution in [2.45, 2.75) is 157 Å². The van der Waals surface area contributed by atoms with Crippen molar-refractivity contribution in [1.29, 1.82) is 0 Å². The van der Waals surface area contributed by atoms with Crippen LogP contribution in [0.5, 0.6) is 11.5 Å². The number of methoxy groups -OCH3 is 1. The van der Waals surface area contributed by atoms with Gasteiger partial charge in [-0.1, -0.05) is 78.3 Å². The van der Waals surface area contributed by atoms with Gasteiger partial charge in [-0.15, -0.1) is 0 Å². The smallest absolute Gasteiger partial charge is 0.410 e. The minimum Gasteiger partial charge on any atom is -0.507 e. The molecule has 30 heteroatoms. The number of anilines is 3. The Bertz CT molecular complexity index is 4560. The first-order valence-corrected chi connectivity index (χ1v) is 35.8. The zero-order valence-corrected chi connectivity index (χ0v) is 61.9. The minimum atomic E-state index is -2.08. The number of fused-ring (bicyclic) bond motifs is 2. The fourth-order valence-corrected chi connectivity index (χ4v) is 13.9. The maximum atomic E-state index is 15.2. The van der Waals surface area contributed by atoms with E-state index in [1.807, 2.05) is 4.90 Å². The summed E-state index contributed by atoms with van der Waals surface area (Å²) in [6, 6.07) is 7.71. The van der Waals surface area contributed by atoms with E-state index in [1.54, 1.807) is 71.9 Å². The Balaban J connectivity index is 0.911. The molecule has 1 aromatic heterocycles. The number of phenolic OH excluding ortho intramolecular Hbond substituents is 1. The van der Waals surface area contributed by atoms with Crippen LogP contribution in [0.15, 0.2) is 98.7 Å². The molecule has 107 heavy (non-hydrogen) atoms. The summed E-state index contributed by atoms with van der Waals surface area (Å²) in [5.74, 6) is -10.8. The van der Waals surface area contributed by atoms with E-state index in [0.29, 0.717) is 42.6 Å². The van der Waals surface area contributed by atoms with Crippen LogP contribution in [0.3, 0.4) is 0 Å². The summed E-state index contributed by atoms with van der Waals surface area (Å²) in [4.78, 5) is 155. The van der Waals surface area contributed by atoms with Gasteiger partial charge in [0.05, 0.1) is 41.2 Å². The van der Waals surface area contributed by atoms with Crippen LogP contribution < -0.4 is 52.7 Å². The fourth-order valence-electron chi connectivity index (χ4n) is 13.9. The topological polar surface area (TPSA) is 425 Å². The number of hydrogen-bond acceptors (Lipinski definition) is 23. The second kappa shape index (κ2) is 34.7. The highest BCUT2D eigenvalue weighted by Crippen LogP contribution is 2.43. The third-order valence-electron chi connectivity index (χ3n) is 20.3. The number of allylic oxidation sites excluding steroid dienone is 2. The van der Waals surface area contributed by atoms with Crippen LogP contribution in [-0.2, 0) is 59.1 Å². The monoisotopic (exact) mass is 1480 g/mol. The Labute approximate surface area is 616 Å². The summed E-state index contributed by atoms with van der Waals surface area (Å²) in [5, 5.41) is 57.7. The summed E-state index contributed by atoms with van der Waals surface area (Å²) in [7, 11) is 1.41. The molecule has 5 heterocycles. The lowest BCUT2D eigenvalue weighted by Crippen LogP contribution is -2.49. The zero-order valence-electron chi connectivity index (χ0n) is 61.9. The molecule has 11 atom stereocenters. The van der Waals surface area contributed by atoms with Crippen LogP contribution in [0.4, 0.5) is 26.7 Å². The van der Waals surface area contributed by atoms with Gasteiger partial charge in [0, 0.05) is 155 Å². The van der Waals surface area contributed by atoms with Gasteiger partial charge in [-0.05, 0) is 69.2 Å². The Morgan fingerprint density at radius 1 is 0.850 bits per heavy atom. The van der Waals surface area contributed by atoms with E-state index < -0.39 is 129 Å². The number of imide groups is 1. The number of primary amides is 1. The normalized spacial score (nSPS) is 23.8. The first-order valence-electron chi connectivity index (χ1n) is 35.8. The number of aromatic hydroxyl groups is 1. The molecule has 0 spiro atoms. The van der Waals surface area contributed by atoms with E-state index in [9.17, 15) is 68.4 Å². The second-order valence-electron chi connectivity index (χ2n) is 28.3. The van der Waals surface area contributed by atoms with Gasteiger partial charge in [0.2, 0.25) is 22.7 Å². The number of carbonyl (C=O) groups is 9. The maximum Gasteiger partial charge on any atom is 0.410 e. The average molecular weight is 1480 g/mol. The summed E-state index contributed by atoms with van der Waals surface area (Å²) in [6.45, 7) is 16.8. The third-order valence-corrected chi connectivity index (χ3v) is 20.3. The number of aliphatic hydroxyl groups excluding tert-OH is 3. The molecular formula is C77H95N9O21. The van der Waals surface area contributed by atoms with E-state index in [2.05, 4.69) is 21.3 Å². The lowest BCUT2D eigenvalue weighted by atomic mass is 9.78. The number of amides is 8. The molecule has 30 nitrogen and oxygen atoms in total. The number of aliphatic hydroxyl groups is 3. The highest BCUT2D eigenvalue weighted by atomic mass is 16.7. The van der Waals surface area contributed by atoms with Gasteiger partial charge in [0.25, 0.3) is 17.7 Å². The molecule has 4 aliphatic heterocycles. The number of nitrogens with zero attached hydrogens (tertiary/aromatic N) is 4. The SMILES string of the molecule is CO[C@H]1/C=C/O[C@@]2(C)Oc3c(C)c(O)c4c(=O)c(c5oc6cc(N7CCN(C(=O)OCc8ccc(NC(=O)[C@H](CCCNC(N)=O)CC(=O)[C@@H](NC(=O)CCCCCN9C(=O)C=CC9=O)C(C)C)cc8)CC7)cc(=O)c6nc5c4c3=C2O)NC(=O)/C(C)=C\C=C\[C@H](C)[C@H](O)[C@@H](C)[C@@H](O)[C@@H](C)[C@H](OC(C)=O)[C@@H]1C. The molecule has 1 fully saturated rings. The summed E-state index contributed by atoms with van der Waals surface area (Å²) >= 11 is 0. The van der Waals surface area contributed by atoms with Gasteiger partial charge in [-0.2, -0.15) is 0 Å². The predicted molar refractivity (Wildman–Crippen MR) is 395 cm³/mol. The quantitative estimate of drug-likeness (QED) is 0.0116. The molecule has 0 aliphatic carbocycles. The van der Waals surface area contributed by atoms with Gasteiger partial charge in [0.15, 0.2) is 28.2 Å². The predicted octanol–water partition coefficient (Wildman–Crippen LogP) is 6.61. The highest BCUT2D eigenvalue weighted by molar-refractivity contribution is 6.17. The van der Waals surface area contributed by atoms with E-state index in [4.69, 9.17) is 38.8 Å². The van der Waals surface area contributed by atoms with Gasteiger partial charge in [0.1, 0.15) is 35.4 Å². The van der Waals surface area contributed by atoms with Crippen molar-refractivity contribution in [3.8, 4) is 11.5 Å². The highest BCUT2D eigenvalue weighted by Gasteiger charge is 2.45. The summed E-state index contributed by atoms with van der Waals surface area (Å²) in [5.41, 5.74) is 3.55. The van der Waals surface area contributed by atoms with Crippen LogP contribution in [0.1, 0.15) is 118 Å². The number of benzene rings is 4. The van der Waals surface area contributed by atoms with Crippen molar-refractivity contribution in [1.82, 2.24) is 25.4 Å². The second-order valence-corrected chi connectivity index (χ2v) is 28.3. The van der Waals surface area contributed by atoms with Crippen LogP contribution in [-0.4, -0.2) is 171 Å². The molecule has 0 unspecified atom stereocenters. The van der Waals surface area contributed by atoms with E-state index in [1.165, 1.54) is 88.5 Å². The number of ketones is 1. The van der Waals surface area contributed by atoms with Crippen molar-refractivity contribution in [2.24, 2.45) is 41.2 Å². The molecule has 9 rings (SSSR count). The lowest BCUT2D eigenvalue weighted by molar-refractivity contribution is -0.160. The minimum absolute atomic E-state index is 0.0143. The molecule has 1 saturated heterocycles. The van der Waals surface area contributed by atoms with Crippen molar-refractivity contribution in [3.63, 3.8) is 0 Å². The number of unbranched alkanes of at least 4 members (excludes halogenated alkanes) is 2. The number of phenols is 1. The van der Waals surface area contributed by atoms with Crippen molar-refractivity contribution >= 4 is 109 Å². The van der Waals surface area contributed by atoms with Crippen molar-refractivity contribution in [3.05, 3.63) is 121 Å². The molecule has 4 bridgehead atoms. The molecule has 5 aromatic rings. The molecule has 8 amide bonds. The number of Topliss-reactive ketones (excluding diaryl/α,β-unsaturated/α-hetero) is 1. The van der Waals surface area contributed by atoms with Crippen LogP contribution in [0.25, 0.3) is 38.7 Å². The number of carbonyl (C=O) groups excluding carboxylic acids is 9. The Kier molecular flexibility index (Phi) is 26.0. The summed E-state index contributed by atoms with van der Waals surface area (Å²) in [6.07, 6.45) is 6.78. The number of nitrogens with two attached hydrogens (primary N) is 1. The van der Waals surface area contributed by atoms with E-state index >= 15 is 4.79 Å². The number of ether oxygens (including phenoxy) is 5. The van der Waals surface area contributed by atoms with Gasteiger partial charge < -0.3 is 85.3 Å². The average Bonchev–Trinajstić information content (AvgIpc) is 1.68. The molecule has 10 N–H and O–H groups in total. The maximum absolute atomic E-state index is 15.2. The molecule has 4 aliphatic rings. The summed E-state index contributed by atoms with van der Waals surface area (Å²) < 4.78 is 36.4. The Morgan fingerprint density at radius 3 is 2.20 bits per heavy atom. The molecule has 0 saturated carbocycles. The van der Waals surface area contributed by atoms with Gasteiger partial charge in [-0.3, -0.25) is 48.1 Å². The molecule has 4 aromatic carbocycles. The Morgan fingerprint density at radius 2 is 1.54 bits per heavy atom. The number of piperazine rings is 1. The van der Waals surface area contributed by atoms with Crippen LogP contribution in [0.2, 0.25) is 0 Å². The Hall–Kier alpha value is -10.7. The number of rotatable bonds is 22. The number of urea groups is 1. The van der Waals surface area contributed by atoms with Crippen LogP contribution >= 0.6 is 0 Å². The third kappa shape index (κ3) is 18.4. The van der Waals surface area contributed by atoms with Crippen molar-refractivity contribution < 1.29 is 91.7 Å². The number of aromatic nitrogens is 1. The van der Waals surface area contributed by atoms with Crippen molar-refractivity contribution in [2.75, 3.05) is 61.9 Å². The lowest BCUT2D eigenvalue weighted by Gasteiger charge is -2.38. The fraction of sp³-hybridized carbons (Fsp3) is 0.481. The van der Waals surface area contributed by atoms with Gasteiger partial charge >= 0.3 is 23.9 Å². The molecule has 574 valence electrons. The van der Waals surface area contributed by atoms with Gasteiger partial charge in [-0.25, -0.2) is 14.6 Å². The molecule has 0 radical (unpaired) electrons. The van der Waals surface area contributed by atoms with E-state index in [-0.39, 0.29) is 144 Å². The number of nitrogens with one attached hydrogen (secondary N) is 4. The van der Waals surface area contributed by atoms with Crippen LogP contribution in [0, 0.1) is 42.4 Å². The largest absolute Gasteiger partial charge is 0.507 e. The number of hydrogen-bond donors (Lipinski definition) is 9. The zero-order chi connectivity index (χ0) is 78.0. The standard InChI is InChI=1S/C77H95N9O21/c1-39(2)61(81-55(90)20-13-12-14-29-86-56(91)25-26-57(86)92)51(88)35-48(19-16-28-79-75(78)100)74(99)80-49-23-21-47(22-24-49)38-103-76(101)85-32-30-84(31-33-85)50-36-52(89)62-54(37-50)106-71-63(82-62)58-59-67(95)45(8)70-60(58)72(97)77(10,107-70)104-34-27-53(102-11)42(5)69(105-46(9)87)44(7)66(94)43(6)65(93)40(3)17-15-18-41(4)73(98)83-64(71)68(59)96/h15,17-18,21-27,34,36-37,39-40,42-44,48,53,61,65-66,69,93-95,97H,12-14,16,19-20,28-33,35,38H2,1-11H3,(H,80,99)(H,81,90)(H,83,98)(H3,78,79,100)/b17-15+,34-27+,41-18-/t40-,42+,43+,44+,48+,53-,61-,65-,66+,69+,77-/m0/s1. The number of esters is 1.